The Hall–Kier alpha value is -2.54. The number of imidazole rings is 1. The van der Waals surface area contributed by atoms with E-state index in [0.29, 0.717) is 18.0 Å². The molecule has 0 radical (unpaired) electrons. The van der Waals surface area contributed by atoms with Crippen LogP contribution in [0.4, 0.5) is 5.69 Å². The lowest BCUT2D eigenvalue weighted by Gasteiger charge is -2.12. The van der Waals surface area contributed by atoms with Crippen LogP contribution >= 0.6 is 0 Å². The first kappa shape index (κ1) is 15.4. The van der Waals surface area contributed by atoms with E-state index in [0.717, 1.165) is 11.3 Å². The van der Waals surface area contributed by atoms with Gasteiger partial charge in [0.05, 0.1) is 17.2 Å². The summed E-state index contributed by atoms with van der Waals surface area (Å²) in [5, 5.41) is 0. The number of pyridine rings is 1. The Balaban J connectivity index is 1.91. The monoisotopic (exact) mass is 331 g/mol. The van der Waals surface area contributed by atoms with Crippen LogP contribution in [0, 0.1) is 6.92 Å². The SMILES string of the molecule is CCOc1ccc(S(=O)(=O)Nc2ccc3nccn3c2C)cc1. The Kier molecular flexibility index (Phi) is 3.96. The molecule has 0 saturated carbocycles. The van der Waals surface area contributed by atoms with Gasteiger partial charge in [-0.1, -0.05) is 0 Å². The molecule has 2 heterocycles. The van der Waals surface area contributed by atoms with E-state index in [4.69, 9.17) is 4.74 Å². The fourth-order valence-corrected chi connectivity index (χ4v) is 3.44. The van der Waals surface area contributed by atoms with Crippen molar-refractivity contribution in [1.82, 2.24) is 9.38 Å². The highest BCUT2D eigenvalue weighted by Gasteiger charge is 2.16. The molecule has 0 atom stereocenters. The summed E-state index contributed by atoms with van der Waals surface area (Å²) in [6.07, 6.45) is 3.46. The number of aryl methyl sites for hydroxylation is 1. The molecular weight excluding hydrogens is 314 g/mol. The highest BCUT2D eigenvalue weighted by atomic mass is 32.2. The van der Waals surface area contributed by atoms with Crippen molar-refractivity contribution in [2.24, 2.45) is 0 Å². The van der Waals surface area contributed by atoms with Crippen LogP contribution in [-0.2, 0) is 10.0 Å². The quantitative estimate of drug-likeness (QED) is 0.780. The van der Waals surface area contributed by atoms with Gasteiger partial charge in [0.2, 0.25) is 0 Å². The third-order valence-electron chi connectivity index (χ3n) is 3.51. The zero-order valence-electron chi connectivity index (χ0n) is 12.9. The maximum absolute atomic E-state index is 12.5. The molecule has 0 amide bonds. The average molecular weight is 331 g/mol. The van der Waals surface area contributed by atoms with E-state index < -0.39 is 10.0 Å². The van der Waals surface area contributed by atoms with E-state index in [1.54, 1.807) is 36.7 Å². The van der Waals surface area contributed by atoms with E-state index in [1.165, 1.54) is 12.1 Å². The summed E-state index contributed by atoms with van der Waals surface area (Å²) < 4.78 is 34.8. The lowest BCUT2D eigenvalue weighted by molar-refractivity contribution is 0.340. The number of nitrogens with one attached hydrogen (secondary N) is 1. The van der Waals surface area contributed by atoms with Gasteiger partial charge in [0.1, 0.15) is 11.4 Å². The predicted molar refractivity (Wildman–Crippen MR) is 88.3 cm³/mol. The first-order valence-electron chi connectivity index (χ1n) is 7.19. The van der Waals surface area contributed by atoms with Crippen LogP contribution in [0.25, 0.3) is 5.65 Å². The van der Waals surface area contributed by atoms with Crippen molar-refractivity contribution in [2.45, 2.75) is 18.7 Å². The summed E-state index contributed by atoms with van der Waals surface area (Å²) in [6, 6.07) is 9.82. The summed E-state index contributed by atoms with van der Waals surface area (Å²) in [6.45, 7) is 4.25. The number of aromatic nitrogens is 2. The maximum Gasteiger partial charge on any atom is 0.261 e. The van der Waals surface area contributed by atoms with Crippen molar-refractivity contribution >= 4 is 21.4 Å². The number of ether oxygens (including phenoxy) is 1. The largest absolute Gasteiger partial charge is 0.494 e. The summed E-state index contributed by atoms with van der Waals surface area (Å²) >= 11 is 0. The van der Waals surface area contributed by atoms with Gasteiger partial charge < -0.3 is 9.14 Å². The van der Waals surface area contributed by atoms with Crippen LogP contribution in [0.2, 0.25) is 0 Å². The molecule has 0 bridgehead atoms. The highest BCUT2D eigenvalue weighted by molar-refractivity contribution is 7.92. The van der Waals surface area contributed by atoms with E-state index >= 15 is 0 Å². The maximum atomic E-state index is 12.5. The van der Waals surface area contributed by atoms with Gasteiger partial charge in [-0.2, -0.15) is 0 Å². The van der Waals surface area contributed by atoms with E-state index in [9.17, 15) is 8.42 Å². The molecule has 0 fully saturated rings. The number of sulfonamides is 1. The molecule has 23 heavy (non-hydrogen) atoms. The van der Waals surface area contributed by atoms with Crippen LogP contribution in [0.1, 0.15) is 12.6 Å². The van der Waals surface area contributed by atoms with Crippen LogP contribution in [0.5, 0.6) is 5.75 Å². The number of fused-ring (bicyclic) bond motifs is 1. The first-order chi connectivity index (χ1) is 11.0. The summed E-state index contributed by atoms with van der Waals surface area (Å²) in [5.41, 5.74) is 2.06. The summed E-state index contributed by atoms with van der Waals surface area (Å²) in [7, 11) is -3.66. The van der Waals surface area contributed by atoms with Gasteiger partial charge in [-0.15, -0.1) is 0 Å². The minimum Gasteiger partial charge on any atom is -0.494 e. The van der Waals surface area contributed by atoms with Crippen molar-refractivity contribution in [1.29, 1.82) is 0 Å². The van der Waals surface area contributed by atoms with Crippen LogP contribution < -0.4 is 9.46 Å². The summed E-state index contributed by atoms with van der Waals surface area (Å²) in [4.78, 5) is 4.36. The molecule has 0 spiro atoms. The Morgan fingerprint density at radius 1 is 1.17 bits per heavy atom. The predicted octanol–water partition coefficient (Wildman–Crippen LogP) is 2.84. The molecule has 2 aromatic heterocycles. The van der Waals surface area contributed by atoms with Crippen molar-refractivity contribution in [3.63, 3.8) is 0 Å². The molecule has 0 aliphatic carbocycles. The molecule has 1 aromatic carbocycles. The molecule has 120 valence electrons. The molecule has 1 N–H and O–H groups in total. The van der Waals surface area contributed by atoms with Gasteiger partial charge >= 0.3 is 0 Å². The van der Waals surface area contributed by atoms with Crippen LogP contribution in [0.3, 0.4) is 0 Å². The van der Waals surface area contributed by atoms with Crippen molar-refractivity contribution in [2.75, 3.05) is 11.3 Å². The Morgan fingerprint density at radius 3 is 2.61 bits per heavy atom. The fraction of sp³-hybridized carbons (Fsp3) is 0.188. The minimum absolute atomic E-state index is 0.186. The Morgan fingerprint density at radius 2 is 1.91 bits per heavy atom. The average Bonchev–Trinajstić information content (AvgIpc) is 3.00. The van der Waals surface area contributed by atoms with E-state index in [1.807, 2.05) is 18.2 Å². The minimum atomic E-state index is -3.66. The van der Waals surface area contributed by atoms with Gasteiger partial charge in [-0.05, 0) is 50.2 Å². The second-order valence-electron chi connectivity index (χ2n) is 5.00. The number of nitrogens with zero attached hydrogens (tertiary/aromatic N) is 2. The lowest BCUT2D eigenvalue weighted by atomic mass is 10.3. The fourth-order valence-electron chi connectivity index (χ4n) is 2.32. The molecule has 7 heteroatoms. The lowest BCUT2D eigenvalue weighted by Crippen LogP contribution is -2.14. The van der Waals surface area contributed by atoms with Gasteiger partial charge in [-0.3, -0.25) is 4.72 Å². The zero-order valence-corrected chi connectivity index (χ0v) is 13.7. The molecule has 0 unspecified atom stereocenters. The zero-order chi connectivity index (χ0) is 16.4. The number of rotatable bonds is 5. The molecule has 6 nitrogen and oxygen atoms in total. The summed E-state index contributed by atoms with van der Waals surface area (Å²) in [5.74, 6) is 0.641. The smallest absolute Gasteiger partial charge is 0.261 e. The number of benzene rings is 1. The molecule has 3 rings (SSSR count). The first-order valence-corrected chi connectivity index (χ1v) is 8.68. The van der Waals surface area contributed by atoms with Crippen LogP contribution in [-0.4, -0.2) is 24.4 Å². The van der Waals surface area contributed by atoms with Crippen LogP contribution in [0.15, 0.2) is 53.7 Å². The second kappa shape index (κ2) is 5.92. The van der Waals surface area contributed by atoms with Gasteiger partial charge in [0, 0.05) is 18.1 Å². The third-order valence-corrected chi connectivity index (χ3v) is 4.89. The molecule has 3 aromatic rings. The molecule has 0 aliphatic heterocycles. The molecule has 0 aliphatic rings. The Labute approximate surface area is 134 Å². The normalized spacial score (nSPS) is 11.6. The van der Waals surface area contributed by atoms with Crippen molar-refractivity contribution in [3.8, 4) is 5.75 Å². The Bertz CT molecular complexity index is 931. The highest BCUT2D eigenvalue weighted by Crippen LogP contribution is 2.22. The number of hydrogen-bond acceptors (Lipinski definition) is 4. The van der Waals surface area contributed by atoms with Gasteiger partial charge in [0.15, 0.2) is 0 Å². The van der Waals surface area contributed by atoms with Crippen molar-refractivity contribution < 1.29 is 13.2 Å². The van der Waals surface area contributed by atoms with Gasteiger partial charge in [-0.25, -0.2) is 13.4 Å². The number of hydrogen-bond donors (Lipinski definition) is 1. The third kappa shape index (κ3) is 3.00. The van der Waals surface area contributed by atoms with Gasteiger partial charge in [0.25, 0.3) is 10.0 Å². The second-order valence-corrected chi connectivity index (χ2v) is 6.68. The molecule has 0 saturated heterocycles. The standard InChI is InChI=1S/C16H17N3O3S/c1-3-22-13-4-6-14(7-5-13)23(20,21)18-15-8-9-16-17-10-11-19(16)12(15)2/h4-11,18H,3H2,1-2H3. The number of anilines is 1. The van der Waals surface area contributed by atoms with E-state index in [-0.39, 0.29) is 4.90 Å². The topological polar surface area (TPSA) is 72.7 Å². The van der Waals surface area contributed by atoms with Crippen molar-refractivity contribution in [3.05, 3.63) is 54.5 Å². The molecular formula is C16H17N3O3S. The van der Waals surface area contributed by atoms with E-state index in [2.05, 4.69) is 9.71 Å².